The van der Waals surface area contributed by atoms with E-state index < -0.39 is 38.0 Å². The fraction of sp³-hybridized carbons (Fsp3) is 0.750. The van der Waals surface area contributed by atoms with E-state index in [1.807, 2.05) is 0 Å². The molecular formula is C8H12F4O4. The zero-order valence-corrected chi connectivity index (χ0v) is 8.71. The van der Waals surface area contributed by atoms with Gasteiger partial charge in [-0.2, -0.15) is 0 Å². The molecule has 8 heteroatoms. The highest BCUT2D eigenvalue weighted by atomic mass is 19.3. The van der Waals surface area contributed by atoms with Crippen molar-refractivity contribution in [2.75, 3.05) is 13.2 Å². The molecule has 0 amide bonds. The van der Waals surface area contributed by atoms with Crippen LogP contribution in [-0.2, 0) is 19.1 Å². The van der Waals surface area contributed by atoms with Crippen molar-refractivity contribution in [1.29, 1.82) is 0 Å². The molecule has 96 valence electrons. The minimum Gasteiger partial charge on any atom is -0.460 e. The predicted octanol–water partition coefficient (Wildman–Crippen LogP) is 1.63. The molecular weight excluding hydrogens is 236 g/mol. The number of alkyl halides is 4. The lowest BCUT2D eigenvalue weighted by molar-refractivity contribution is -0.145. The van der Waals surface area contributed by atoms with Gasteiger partial charge in [0.25, 0.3) is 12.9 Å². The second-order valence-electron chi connectivity index (χ2n) is 2.39. The van der Waals surface area contributed by atoms with Gasteiger partial charge in [0.15, 0.2) is 13.2 Å². The van der Waals surface area contributed by atoms with Gasteiger partial charge in [0.05, 0.1) is 0 Å². The number of esters is 2. The lowest BCUT2D eigenvalue weighted by Crippen LogP contribution is -2.07. The first-order valence-corrected chi connectivity index (χ1v) is 4.08. The van der Waals surface area contributed by atoms with E-state index in [9.17, 15) is 27.2 Å². The topological polar surface area (TPSA) is 52.6 Å². The Balaban J connectivity index is 0. The fourth-order valence-corrected chi connectivity index (χ4v) is 0.361. The van der Waals surface area contributed by atoms with Gasteiger partial charge >= 0.3 is 11.9 Å². The second kappa shape index (κ2) is 10.2. The molecule has 0 aromatic heterocycles. The first-order valence-electron chi connectivity index (χ1n) is 4.08. The number of halogens is 4. The molecule has 0 rings (SSSR count). The molecule has 0 saturated carbocycles. The molecule has 4 nitrogen and oxygen atoms in total. The average molecular weight is 248 g/mol. The summed E-state index contributed by atoms with van der Waals surface area (Å²) in [5.41, 5.74) is 0. The molecule has 0 aliphatic carbocycles. The molecule has 0 aromatic rings. The number of hydrogen-bond donors (Lipinski definition) is 0. The van der Waals surface area contributed by atoms with Gasteiger partial charge in [-0.15, -0.1) is 0 Å². The number of hydrogen-bond acceptors (Lipinski definition) is 4. The SMILES string of the molecule is CC(=O)OCC(F)F.CC(=O)OCC(F)F. The zero-order valence-electron chi connectivity index (χ0n) is 8.71. The summed E-state index contributed by atoms with van der Waals surface area (Å²) >= 11 is 0. The van der Waals surface area contributed by atoms with Crippen LogP contribution in [0, 0.1) is 0 Å². The van der Waals surface area contributed by atoms with Crippen LogP contribution in [0.4, 0.5) is 17.6 Å². The highest BCUT2D eigenvalue weighted by Crippen LogP contribution is 1.92. The van der Waals surface area contributed by atoms with Crippen LogP contribution in [-0.4, -0.2) is 38.0 Å². The largest absolute Gasteiger partial charge is 0.460 e. The van der Waals surface area contributed by atoms with E-state index in [1.54, 1.807) is 0 Å². The van der Waals surface area contributed by atoms with Gasteiger partial charge in [0.2, 0.25) is 0 Å². The van der Waals surface area contributed by atoms with Crippen molar-refractivity contribution in [2.45, 2.75) is 26.7 Å². The Morgan fingerprint density at radius 3 is 1.19 bits per heavy atom. The molecule has 0 aliphatic heterocycles. The van der Waals surface area contributed by atoms with E-state index in [0.717, 1.165) is 13.8 Å². The number of carbonyl (C=O) groups excluding carboxylic acids is 2. The zero-order chi connectivity index (χ0) is 13.1. The minimum atomic E-state index is -2.56. The van der Waals surface area contributed by atoms with Crippen molar-refractivity contribution in [2.24, 2.45) is 0 Å². The van der Waals surface area contributed by atoms with Crippen molar-refractivity contribution in [1.82, 2.24) is 0 Å². The summed E-state index contributed by atoms with van der Waals surface area (Å²) in [6.07, 6.45) is -5.11. The summed E-state index contributed by atoms with van der Waals surface area (Å²) in [4.78, 5) is 19.6. The molecule has 0 aliphatic rings. The Morgan fingerprint density at radius 1 is 0.875 bits per heavy atom. The van der Waals surface area contributed by atoms with E-state index in [2.05, 4.69) is 9.47 Å². The van der Waals surface area contributed by atoms with Gasteiger partial charge in [0.1, 0.15) is 0 Å². The van der Waals surface area contributed by atoms with Gasteiger partial charge in [-0.25, -0.2) is 17.6 Å². The van der Waals surface area contributed by atoms with Crippen molar-refractivity contribution in [3.8, 4) is 0 Å². The van der Waals surface area contributed by atoms with E-state index in [1.165, 1.54) is 0 Å². The Kier molecular flexibility index (Phi) is 10.9. The van der Waals surface area contributed by atoms with Crippen LogP contribution in [0.2, 0.25) is 0 Å². The standard InChI is InChI=1S/2C4H6F2O2/c2*1-3(7)8-2-4(5)6/h2*4H,2H2,1H3. The van der Waals surface area contributed by atoms with E-state index in [0.29, 0.717) is 0 Å². The van der Waals surface area contributed by atoms with Crippen LogP contribution in [0.3, 0.4) is 0 Å². The minimum absolute atomic E-state index is 0.676. The third kappa shape index (κ3) is 23.0. The molecule has 0 saturated heterocycles. The molecule has 0 radical (unpaired) electrons. The molecule has 0 atom stereocenters. The molecule has 16 heavy (non-hydrogen) atoms. The lowest BCUT2D eigenvalue weighted by Gasteiger charge is -1.96. The van der Waals surface area contributed by atoms with Gasteiger partial charge in [-0.1, -0.05) is 0 Å². The Labute approximate surface area is 89.5 Å². The van der Waals surface area contributed by atoms with E-state index in [-0.39, 0.29) is 0 Å². The van der Waals surface area contributed by atoms with Crippen LogP contribution in [0.15, 0.2) is 0 Å². The maximum Gasteiger partial charge on any atom is 0.302 e. The maximum atomic E-state index is 11.1. The van der Waals surface area contributed by atoms with Gasteiger partial charge in [-0.3, -0.25) is 9.59 Å². The molecule has 0 fully saturated rings. The fourth-order valence-electron chi connectivity index (χ4n) is 0.361. The number of ether oxygens (including phenoxy) is 2. The van der Waals surface area contributed by atoms with Crippen molar-refractivity contribution < 1.29 is 36.6 Å². The third-order valence-corrected chi connectivity index (χ3v) is 0.825. The maximum absolute atomic E-state index is 11.1. The van der Waals surface area contributed by atoms with Gasteiger partial charge in [-0.05, 0) is 0 Å². The van der Waals surface area contributed by atoms with Crippen LogP contribution < -0.4 is 0 Å². The van der Waals surface area contributed by atoms with Crippen LogP contribution in [0.25, 0.3) is 0 Å². The van der Waals surface area contributed by atoms with E-state index in [4.69, 9.17) is 0 Å². The molecule has 0 heterocycles. The first-order chi connectivity index (χ1) is 7.25. The lowest BCUT2D eigenvalue weighted by atomic mass is 10.7. The summed E-state index contributed by atoms with van der Waals surface area (Å²) in [6, 6.07) is 0. The summed E-state index contributed by atoms with van der Waals surface area (Å²) in [6.45, 7) is 0.579. The Bertz CT molecular complexity index is 186. The number of carbonyl (C=O) groups is 2. The molecule has 0 bridgehead atoms. The summed E-state index contributed by atoms with van der Waals surface area (Å²) in [7, 11) is 0. The average Bonchev–Trinajstić information content (AvgIpc) is 2.12. The first kappa shape index (κ1) is 17.1. The van der Waals surface area contributed by atoms with Crippen molar-refractivity contribution >= 4 is 11.9 Å². The van der Waals surface area contributed by atoms with Gasteiger partial charge in [0, 0.05) is 13.8 Å². The molecule has 0 spiro atoms. The number of rotatable bonds is 4. The molecule has 0 aromatic carbocycles. The summed E-state index contributed by atoms with van der Waals surface area (Å²) < 4.78 is 52.3. The van der Waals surface area contributed by atoms with Crippen LogP contribution in [0.1, 0.15) is 13.8 Å². The van der Waals surface area contributed by atoms with E-state index >= 15 is 0 Å². The quantitative estimate of drug-likeness (QED) is 0.560. The summed E-state index contributed by atoms with van der Waals surface area (Å²) in [5, 5.41) is 0. The third-order valence-electron chi connectivity index (χ3n) is 0.825. The smallest absolute Gasteiger partial charge is 0.302 e. The molecule has 0 unspecified atom stereocenters. The highest BCUT2D eigenvalue weighted by molar-refractivity contribution is 5.66. The Morgan fingerprint density at radius 2 is 1.12 bits per heavy atom. The van der Waals surface area contributed by atoms with Crippen molar-refractivity contribution in [3.05, 3.63) is 0 Å². The monoisotopic (exact) mass is 248 g/mol. The van der Waals surface area contributed by atoms with Crippen molar-refractivity contribution in [3.63, 3.8) is 0 Å². The van der Waals surface area contributed by atoms with Crippen LogP contribution >= 0.6 is 0 Å². The van der Waals surface area contributed by atoms with Crippen LogP contribution in [0.5, 0.6) is 0 Å². The summed E-state index contributed by atoms with van der Waals surface area (Å²) in [5.74, 6) is -1.35. The second-order valence-corrected chi connectivity index (χ2v) is 2.39. The normalized spacial score (nSPS) is 9.50. The molecule has 0 N–H and O–H groups in total. The Hall–Kier alpha value is -1.34. The highest BCUT2D eigenvalue weighted by Gasteiger charge is 2.03. The predicted molar refractivity (Wildman–Crippen MR) is 45.3 cm³/mol. The van der Waals surface area contributed by atoms with Gasteiger partial charge < -0.3 is 9.47 Å².